The summed E-state index contributed by atoms with van der Waals surface area (Å²) < 4.78 is 78.3. The van der Waals surface area contributed by atoms with E-state index >= 15 is 0 Å². The lowest BCUT2D eigenvalue weighted by Gasteiger charge is -2.49. The van der Waals surface area contributed by atoms with Crippen LogP contribution in [0.15, 0.2) is 0 Å². The molecule has 0 aliphatic heterocycles. The number of halogens is 6. The lowest BCUT2D eigenvalue weighted by molar-refractivity contribution is -0.343. The van der Waals surface area contributed by atoms with Crippen LogP contribution in [0.1, 0.15) is 85.5 Å². The quantitative estimate of drug-likeness (QED) is 0.331. The molecule has 0 amide bonds. The number of fused-ring (bicyclic) bond motifs is 1. The normalized spacial score (nSPS) is 30.9. The molecule has 0 radical (unpaired) electrons. The second-order valence-corrected chi connectivity index (χ2v) is 11.2. The topological polar surface area (TPSA) is 60.7 Å². The molecule has 2 aliphatic rings. The van der Waals surface area contributed by atoms with Gasteiger partial charge in [-0.25, -0.2) is 0 Å². The predicted octanol–water partition coefficient (Wildman–Crippen LogP) is 5.76. The summed E-state index contributed by atoms with van der Waals surface area (Å²) in [5.41, 5.74) is -7.08. The zero-order chi connectivity index (χ0) is 25.5. The lowest BCUT2D eigenvalue weighted by Crippen LogP contribution is -2.55. The van der Waals surface area contributed by atoms with Crippen LogP contribution < -0.4 is 0 Å². The number of aliphatic hydroxyl groups excluding tert-OH is 1. The first kappa shape index (κ1) is 28.3. The minimum absolute atomic E-state index is 0.0279. The van der Waals surface area contributed by atoms with Crippen LogP contribution in [0.2, 0.25) is 0 Å². The zero-order valence-corrected chi connectivity index (χ0v) is 19.7. The number of alkyl halides is 6. The van der Waals surface area contributed by atoms with Gasteiger partial charge in [0.15, 0.2) is 0 Å². The summed E-state index contributed by atoms with van der Waals surface area (Å²) in [5, 5.41) is 30.0. The molecule has 2 aliphatic carbocycles. The molecule has 5 atom stereocenters. The molecule has 9 heteroatoms. The molecule has 0 aromatic carbocycles. The van der Waals surface area contributed by atoms with Crippen molar-refractivity contribution in [1.82, 2.24) is 0 Å². The maximum Gasteiger partial charge on any atom is 0.438 e. The van der Waals surface area contributed by atoms with Crippen LogP contribution in [0.4, 0.5) is 26.3 Å². The molecule has 0 saturated heterocycles. The molecule has 0 bridgehead atoms. The second-order valence-electron chi connectivity index (χ2n) is 11.2. The van der Waals surface area contributed by atoms with Gasteiger partial charge in [-0.05, 0) is 81.0 Å². The number of hydrogen-bond acceptors (Lipinski definition) is 3. The first-order chi connectivity index (χ1) is 14.8. The van der Waals surface area contributed by atoms with Crippen molar-refractivity contribution in [3.63, 3.8) is 0 Å². The van der Waals surface area contributed by atoms with Crippen molar-refractivity contribution in [2.45, 2.75) is 115 Å². The van der Waals surface area contributed by atoms with Crippen LogP contribution in [0, 0.1) is 34.5 Å². The summed E-state index contributed by atoms with van der Waals surface area (Å²) >= 11 is 0. The van der Waals surface area contributed by atoms with Crippen LogP contribution in [-0.4, -0.2) is 45.0 Å². The Labute approximate surface area is 191 Å². The SMILES string of the molecule is CC(C)(O)CCC[C@@](C)(CC#CC(O)(C(F)(F)F)C(F)(F)F)[C@H]1CC[C@H]2[C@@H](O)CCC[C@@]12C. The smallest absolute Gasteiger partial charge is 0.393 e. The summed E-state index contributed by atoms with van der Waals surface area (Å²) in [6.45, 7) is 7.16. The van der Waals surface area contributed by atoms with E-state index in [0.29, 0.717) is 32.1 Å². The maximum absolute atomic E-state index is 13.1. The third kappa shape index (κ3) is 5.82. The van der Waals surface area contributed by atoms with Crippen LogP contribution in [-0.2, 0) is 0 Å². The third-order valence-electron chi connectivity index (χ3n) is 8.05. The molecule has 2 rings (SSSR count). The molecular weight excluding hydrogens is 450 g/mol. The van der Waals surface area contributed by atoms with Gasteiger partial charge in [-0.15, -0.1) is 0 Å². The van der Waals surface area contributed by atoms with Gasteiger partial charge in [0.2, 0.25) is 0 Å². The van der Waals surface area contributed by atoms with Crippen molar-refractivity contribution >= 4 is 0 Å². The van der Waals surface area contributed by atoms with E-state index in [1.807, 2.05) is 6.92 Å². The van der Waals surface area contributed by atoms with Gasteiger partial charge in [-0.2, -0.15) is 26.3 Å². The highest BCUT2D eigenvalue weighted by Crippen LogP contribution is 2.62. The van der Waals surface area contributed by atoms with Crippen molar-refractivity contribution in [2.75, 3.05) is 0 Å². The Hall–Kier alpha value is -0.980. The highest BCUT2D eigenvalue weighted by atomic mass is 19.4. The Morgan fingerprint density at radius 3 is 2.00 bits per heavy atom. The van der Waals surface area contributed by atoms with Crippen molar-refractivity contribution < 1.29 is 41.7 Å². The van der Waals surface area contributed by atoms with Crippen molar-refractivity contribution in [2.24, 2.45) is 22.7 Å². The zero-order valence-electron chi connectivity index (χ0n) is 19.7. The van der Waals surface area contributed by atoms with Gasteiger partial charge in [0, 0.05) is 6.42 Å². The van der Waals surface area contributed by atoms with Gasteiger partial charge >= 0.3 is 18.0 Å². The van der Waals surface area contributed by atoms with Crippen LogP contribution in [0.25, 0.3) is 0 Å². The molecule has 2 fully saturated rings. The molecule has 3 nitrogen and oxygen atoms in total. The first-order valence-electron chi connectivity index (χ1n) is 11.5. The van der Waals surface area contributed by atoms with Gasteiger partial charge in [0.1, 0.15) is 0 Å². The molecule has 0 heterocycles. The molecule has 0 unspecified atom stereocenters. The van der Waals surface area contributed by atoms with E-state index in [-0.39, 0.29) is 23.7 Å². The molecule has 3 N–H and O–H groups in total. The number of hydrogen-bond donors (Lipinski definition) is 3. The van der Waals surface area contributed by atoms with Crippen molar-refractivity contribution in [3.8, 4) is 11.8 Å². The minimum atomic E-state index is -5.98. The van der Waals surface area contributed by atoms with Gasteiger partial charge in [-0.1, -0.05) is 32.6 Å². The summed E-state index contributed by atoms with van der Waals surface area (Å²) in [7, 11) is 0. The standard InChI is InChI=1S/C24H36F6O3/c1-19(2,32)11-6-12-20(3,13-7-15-22(33,23(25,26)27)24(28,29)30)18-10-9-16-17(31)8-5-14-21(16,18)4/h16-18,31-33H,5-6,8-14H2,1-4H3/t16-,17-,18+,20-,21+/m0/s1. The largest absolute Gasteiger partial charge is 0.438 e. The fourth-order valence-electron chi connectivity index (χ4n) is 6.28. The van der Waals surface area contributed by atoms with Crippen molar-refractivity contribution in [1.29, 1.82) is 0 Å². The highest BCUT2D eigenvalue weighted by molar-refractivity contribution is 5.22. The molecule has 0 spiro atoms. The molecule has 0 aromatic rings. The number of rotatable bonds is 6. The van der Waals surface area contributed by atoms with Gasteiger partial charge in [0.25, 0.3) is 0 Å². The third-order valence-corrected chi connectivity index (χ3v) is 8.05. The summed E-state index contributed by atoms with van der Waals surface area (Å²) in [6, 6.07) is 0. The molecular formula is C24H36F6O3. The van der Waals surface area contributed by atoms with E-state index in [2.05, 4.69) is 12.8 Å². The van der Waals surface area contributed by atoms with Gasteiger partial charge in [-0.3, -0.25) is 0 Å². The minimum Gasteiger partial charge on any atom is -0.393 e. The average Bonchev–Trinajstić information content (AvgIpc) is 2.97. The van der Waals surface area contributed by atoms with Crippen LogP contribution >= 0.6 is 0 Å². The van der Waals surface area contributed by atoms with E-state index in [1.165, 1.54) is 0 Å². The Morgan fingerprint density at radius 2 is 1.48 bits per heavy atom. The Balaban J connectivity index is 2.39. The average molecular weight is 487 g/mol. The number of aliphatic hydroxyl groups is 3. The van der Waals surface area contributed by atoms with E-state index in [1.54, 1.807) is 13.8 Å². The van der Waals surface area contributed by atoms with Crippen molar-refractivity contribution in [3.05, 3.63) is 0 Å². The van der Waals surface area contributed by atoms with E-state index in [9.17, 15) is 41.7 Å². The van der Waals surface area contributed by atoms with Crippen LogP contribution in [0.3, 0.4) is 0 Å². The summed E-state index contributed by atoms with van der Waals surface area (Å²) in [4.78, 5) is 0. The van der Waals surface area contributed by atoms with E-state index in [4.69, 9.17) is 0 Å². The predicted molar refractivity (Wildman–Crippen MR) is 112 cm³/mol. The Morgan fingerprint density at radius 1 is 0.909 bits per heavy atom. The highest BCUT2D eigenvalue weighted by Gasteiger charge is 2.70. The van der Waals surface area contributed by atoms with Gasteiger partial charge < -0.3 is 15.3 Å². The lowest BCUT2D eigenvalue weighted by atomic mass is 9.56. The second kappa shape index (κ2) is 9.23. The Kier molecular flexibility index (Phi) is 7.91. The maximum atomic E-state index is 13.1. The monoisotopic (exact) mass is 486 g/mol. The fraction of sp³-hybridized carbons (Fsp3) is 0.917. The summed E-state index contributed by atoms with van der Waals surface area (Å²) in [5.74, 6) is 3.14. The molecule has 2 saturated carbocycles. The van der Waals surface area contributed by atoms with Crippen LogP contribution in [0.5, 0.6) is 0 Å². The molecule has 192 valence electrons. The fourth-order valence-corrected chi connectivity index (χ4v) is 6.28. The van der Waals surface area contributed by atoms with E-state index < -0.39 is 35.1 Å². The Bertz CT molecular complexity index is 731. The molecule has 0 aromatic heterocycles. The first-order valence-corrected chi connectivity index (χ1v) is 11.5. The summed E-state index contributed by atoms with van der Waals surface area (Å²) in [6.07, 6.45) is -7.55. The van der Waals surface area contributed by atoms with E-state index in [0.717, 1.165) is 25.2 Å². The molecule has 33 heavy (non-hydrogen) atoms. The van der Waals surface area contributed by atoms with Gasteiger partial charge in [0.05, 0.1) is 11.7 Å².